The molecule has 0 atom stereocenters. The summed E-state index contributed by atoms with van der Waals surface area (Å²) in [4.78, 5) is 14.1. The van der Waals surface area contributed by atoms with E-state index in [1.54, 1.807) is 11.3 Å². The van der Waals surface area contributed by atoms with Crippen molar-refractivity contribution in [1.29, 1.82) is 0 Å². The van der Waals surface area contributed by atoms with Crippen LogP contribution in [-0.4, -0.2) is 55.6 Å². The number of rotatable bonds is 9. The third kappa shape index (κ3) is 5.82. The maximum Gasteiger partial charge on any atom is 0.193 e. The fourth-order valence-electron chi connectivity index (χ4n) is 2.79. The highest BCUT2D eigenvalue weighted by molar-refractivity contribution is 7.13. The summed E-state index contributed by atoms with van der Waals surface area (Å²) in [5.41, 5.74) is 1.16. The number of guanidine groups is 1. The Kier molecular flexibility index (Phi) is 8.08. The van der Waals surface area contributed by atoms with E-state index in [0.717, 1.165) is 63.6 Å². The molecule has 134 valence electrons. The average molecular weight is 350 g/mol. The first-order valence-electron chi connectivity index (χ1n) is 9.04. The Morgan fingerprint density at radius 2 is 2.29 bits per heavy atom. The quantitative estimate of drug-likeness (QED) is 0.322. The van der Waals surface area contributed by atoms with Gasteiger partial charge < -0.3 is 15.1 Å². The summed E-state index contributed by atoms with van der Waals surface area (Å²) in [5.74, 6) is 0.983. The number of thiazole rings is 1. The minimum absolute atomic E-state index is 0.775. The summed E-state index contributed by atoms with van der Waals surface area (Å²) in [5, 5.41) is 6.73. The number of allylic oxidation sites excluding steroid dienone is 1. The van der Waals surface area contributed by atoms with Gasteiger partial charge >= 0.3 is 0 Å². The van der Waals surface area contributed by atoms with Gasteiger partial charge in [-0.05, 0) is 32.6 Å². The number of hydrogen-bond acceptors (Lipinski definition) is 4. The minimum atomic E-state index is 0.775. The van der Waals surface area contributed by atoms with Crippen molar-refractivity contribution in [2.45, 2.75) is 39.0 Å². The van der Waals surface area contributed by atoms with E-state index in [9.17, 15) is 0 Å². The van der Waals surface area contributed by atoms with E-state index >= 15 is 0 Å². The fraction of sp³-hybridized carbons (Fsp3) is 0.667. The van der Waals surface area contributed by atoms with Gasteiger partial charge in [0.2, 0.25) is 0 Å². The molecule has 0 unspecified atom stereocenters. The van der Waals surface area contributed by atoms with E-state index in [0.29, 0.717) is 0 Å². The summed E-state index contributed by atoms with van der Waals surface area (Å²) in [7, 11) is 2.10. The number of aliphatic imine (C=N–C) groups is 1. The van der Waals surface area contributed by atoms with Gasteiger partial charge in [0.05, 0.1) is 5.69 Å². The molecule has 1 saturated heterocycles. The highest BCUT2D eigenvalue weighted by Gasteiger charge is 2.15. The molecule has 24 heavy (non-hydrogen) atoms. The van der Waals surface area contributed by atoms with Crippen LogP contribution in [0.15, 0.2) is 23.0 Å². The van der Waals surface area contributed by atoms with Crippen molar-refractivity contribution in [2.75, 3.05) is 44.7 Å². The van der Waals surface area contributed by atoms with Gasteiger partial charge in [-0.3, -0.25) is 4.99 Å². The molecule has 6 heteroatoms. The van der Waals surface area contributed by atoms with Crippen LogP contribution in [0.2, 0.25) is 0 Å². The number of nitrogens with one attached hydrogen (secondary N) is 1. The van der Waals surface area contributed by atoms with Crippen molar-refractivity contribution >= 4 is 22.4 Å². The predicted molar refractivity (Wildman–Crippen MR) is 105 cm³/mol. The molecule has 5 nitrogen and oxygen atoms in total. The third-order valence-electron chi connectivity index (χ3n) is 4.14. The van der Waals surface area contributed by atoms with Crippen LogP contribution in [0.5, 0.6) is 0 Å². The van der Waals surface area contributed by atoms with Crippen LogP contribution in [0.4, 0.5) is 5.13 Å². The molecule has 1 aliphatic heterocycles. The van der Waals surface area contributed by atoms with Crippen LogP contribution in [0, 0.1) is 0 Å². The number of nitrogens with zero attached hydrogens (tertiary/aromatic N) is 4. The smallest absolute Gasteiger partial charge is 0.193 e. The first-order chi connectivity index (χ1) is 11.7. The fourth-order valence-corrected chi connectivity index (χ4v) is 3.70. The number of aromatic nitrogens is 1. The van der Waals surface area contributed by atoms with Gasteiger partial charge in [0, 0.05) is 51.6 Å². The normalized spacial score (nSPS) is 14.9. The topological polar surface area (TPSA) is 43.8 Å². The maximum atomic E-state index is 4.77. The van der Waals surface area contributed by atoms with E-state index in [4.69, 9.17) is 9.98 Å². The maximum absolute atomic E-state index is 4.77. The van der Waals surface area contributed by atoms with E-state index in [-0.39, 0.29) is 0 Å². The summed E-state index contributed by atoms with van der Waals surface area (Å²) in [6.07, 6.45) is 7.61. The van der Waals surface area contributed by atoms with Gasteiger partial charge in [-0.15, -0.1) is 17.9 Å². The van der Waals surface area contributed by atoms with Crippen LogP contribution in [0.1, 0.15) is 38.3 Å². The highest BCUT2D eigenvalue weighted by atomic mass is 32.1. The largest absolute Gasteiger partial charge is 0.357 e. The molecule has 0 aliphatic carbocycles. The highest BCUT2D eigenvalue weighted by Crippen LogP contribution is 2.24. The predicted octanol–water partition coefficient (Wildman–Crippen LogP) is 3.15. The molecular weight excluding hydrogens is 318 g/mol. The first-order valence-corrected chi connectivity index (χ1v) is 9.92. The molecule has 0 spiro atoms. The van der Waals surface area contributed by atoms with Crippen molar-refractivity contribution < 1.29 is 0 Å². The van der Waals surface area contributed by atoms with Crippen LogP contribution >= 0.6 is 11.3 Å². The Morgan fingerprint density at radius 1 is 1.50 bits per heavy atom. The number of hydrogen-bond donors (Lipinski definition) is 1. The molecule has 1 N–H and O–H groups in total. The molecule has 1 aliphatic rings. The second-order valence-corrected chi connectivity index (χ2v) is 6.99. The van der Waals surface area contributed by atoms with E-state index in [1.165, 1.54) is 18.0 Å². The van der Waals surface area contributed by atoms with Gasteiger partial charge in [0.15, 0.2) is 11.1 Å². The molecular formula is C18H31N5S. The molecule has 0 saturated carbocycles. The molecule has 0 amide bonds. The zero-order valence-electron chi connectivity index (χ0n) is 15.1. The van der Waals surface area contributed by atoms with Crippen molar-refractivity contribution in [3.05, 3.63) is 23.7 Å². The average Bonchev–Trinajstić information content (AvgIpc) is 3.25. The summed E-state index contributed by atoms with van der Waals surface area (Å²) < 4.78 is 0. The van der Waals surface area contributed by atoms with Crippen LogP contribution in [-0.2, 0) is 6.42 Å². The lowest BCUT2D eigenvalue weighted by Gasteiger charge is -2.21. The van der Waals surface area contributed by atoms with Gasteiger partial charge in [0.1, 0.15) is 0 Å². The number of unbranched alkanes of at least 4 members (excludes halogenated alkanes) is 1. The van der Waals surface area contributed by atoms with Crippen molar-refractivity contribution in [1.82, 2.24) is 15.2 Å². The van der Waals surface area contributed by atoms with Crippen molar-refractivity contribution in [2.24, 2.45) is 4.99 Å². The molecule has 1 fully saturated rings. The van der Waals surface area contributed by atoms with Crippen LogP contribution in [0.25, 0.3) is 0 Å². The van der Waals surface area contributed by atoms with Crippen LogP contribution in [0.3, 0.4) is 0 Å². The Balaban J connectivity index is 1.83. The Hall–Kier alpha value is -1.56. The van der Waals surface area contributed by atoms with Gasteiger partial charge in [0.25, 0.3) is 0 Å². The molecule has 2 rings (SSSR count). The molecule has 2 heterocycles. The second kappa shape index (κ2) is 10.3. The summed E-state index contributed by atoms with van der Waals surface area (Å²) >= 11 is 1.77. The Labute approximate surface area is 150 Å². The zero-order chi connectivity index (χ0) is 17.2. The summed E-state index contributed by atoms with van der Waals surface area (Å²) in [6, 6.07) is 0. The Morgan fingerprint density at radius 3 is 3.00 bits per heavy atom. The van der Waals surface area contributed by atoms with Gasteiger partial charge in [-0.25, -0.2) is 4.98 Å². The van der Waals surface area contributed by atoms with Crippen LogP contribution < -0.4 is 10.2 Å². The number of anilines is 1. The molecule has 1 aromatic rings. The van der Waals surface area contributed by atoms with E-state index < -0.39 is 0 Å². The molecule has 0 aromatic carbocycles. The third-order valence-corrected chi connectivity index (χ3v) is 5.09. The monoisotopic (exact) mass is 349 g/mol. The first kappa shape index (κ1) is 18.8. The van der Waals surface area contributed by atoms with Crippen molar-refractivity contribution in [3.8, 4) is 0 Å². The van der Waals surface area contributed by atoms with Gasteiger partial charge in [-0.1, -0.05) is 6.08 Å². The van der Waals surface area contributed by atoms with Crippen molar-refractivity contribution in [3.63, 3.8) is 0 Å². The minimum Gasteiger partial charge on any atom is -0.357 e. The molecule has 0 radical (unpaired) electrons. The second-order valence-electron chi connectivity index (χ2n) is 6.15. The van der Waals surface area contributed by atoms with Gasteiger partial charge in [-0.2, -0.15) is 0 Å². The molecule has 1 aromatic heterocycles. The SMILES string of the molecule is C=CCCCN(C)C(=NCCc1csc(N2CCCC2)n1)NCC. The standard InChI is InChI=1S/C18H31N5S/c1-4-6-7-12-22(3)17(19-5-2)20-11-10-16-15-24-18(21-16)23-13-8-9-14-23/h4,15H,1,5-14H2,2-3H3,(H,19,20). The lowest BCUT2D eigenvalue weighted by Crippen LogP contribution is -2.39. The van der Waals surface area contributed by atoms with E-state index in [2.05, 4.69) is 41.0 Å². The van der Waals surface area contributed by atoms with E-state index in [1.807, 2.05) is 6.08 Å². The summed E-state index contributed by atoms with van der Waals surface area (Å²) in [6.45, 7) is 10.9. The zero-order valence-corrected chi connectivity index (χ0v) is 15.9. The molecule has 0 bridgehead atoms. The lowest BCUT2D eigenvalue weighted by molar-refractivity contribution is 0.470. The Bertz CT molecular complexity index is 519. The lowest BCUT2D eigenvalue weighted by atomic mass is 10.3.